The van der Waals surface area contributed by atoms with Crippen LogP contribution in [-0.4, -0.2) is 42.4 Å². The molecular formula is C16H24ClNO2. The molecule has 1 aromatic carbocycles. The first-order valence-corrected chi connectivity index (χ1v) is 7.90. The predicted octanol–water partition coefficient (Wildman–Crippen LogP) is 3.35. The fourth-order valence-electron chi connectivity index (χ4n) is 2.83. The molecule has 112 valence electrons. The van der Waals surface area contributed by atoms with Crippen LogP contribution in [0.5, 0.6) is 5.75 Å². The highest BCUT2D eigenvalue weighted by Crippen LogP contribution is 2.21. The highest BCUT2D eigenvalue weighted by molar-refractivity contribution is 6.30. The van der Waals surface area contributed by atoms with E-state index in [2.05, 4.69) is 4.90 Å². The molecule has 0 aliphatic carbocycles. The maximum atomic E-state index is 8.92. The molecule has 0 aromatic heterocycles. The molecule has 1 aliphatic heterocycles. The summed E-state index contributed by atoms with van der Waals surface area (Å²) in [6.07, 6.45) is 5.64. The van der Waals surface area contributed by atoms with Crippen molar-refractivity contribution in [3.05, 3.63) is 29.3 Å². The van der Waals surface area contributed by atoms with E-state index in [1.807, 2.05) is 24.3 Å². The summed E-state index contributed by atoms with van der Waals surface area (Å²) in [5.41, 5.74) is 0. The third-order valence-electron chi connectivity index (χ3n) is 3.87. The molecule has 3 nitrogen and oxygen atoms in total. The van der Waals surface area contributed by atoms with E-state index in [1.165, 1.54) is 19.4 Å². The minimum absolute atomic E-state index is 0.310. The average Bonchev–Trinajstić information content (AvgIpc) is 2.91. The van der Waals surface area contributed by atoms with Gasteiger partial charge in [-0.15, -0.1) is 0 Å². The Bertz CT molecular complexity index is 383. The lowest BCUT2D eigenvalue weighted by Gasteiger charge is -2.24. The van der Waals surface area contributed by atoms with Gasteiger partial charge in [0, 0.05) is 24.2 Å². The van der Waals surface area contributed by atoms with Crippen molar-refractivity contribution in [2.24, 2.45) is 0 Å². The smallest absolute Gasteiger partial charge is 0.119 e. The van der Waals surface area contributed by atoms with Crippen LogP contribution in [0.15, 0.2) is 24.3 Å². The van der Waals surface area contributed by atoms with E-state index >= 15 is 0 Å². The van der Waals surface area contributed by atoms with Crippen molar-refractivity contribution in [3.8, 4) is 5.75 Å². The van der Waals surface area contributed by atoms with Crippen LogP contribution < -0.4 is 4.74 Å². The number of likely N-dealkylation sites (tertiary alicyclic amines) is 1. The molecule has 1 fully saturated rings. The second-order valence-electron chi connectivity index (χ2n) is 5.35. The summed E-state index contributed by atoms with van der Waals surface area (Å²) in [6, 6.07) is 8.17. The lowest BCUT2D eigenvalue weighted by atomic mass is 10.1. The Labute approximate surface area is 126 Å². The van der Waals surface area contributed by atoms with Gasteiger partial charge in [0.25, 0.3) is 0 Å². The summed E-state index contributed by atoms with van der Waals surface area (Å²) in [5.74, 6) is 0.882. The van der Waals surface area contributed by atoms with Crippen LogP contribution in [0.25, 0.3) is 0 Å². The first-order valence-electron chi connectivity index (χ1n) is 7.53. The van der Waals surface area contributed by atoms with Crippen LogP contribution >= 0.6 is 11.6 Å². The number of hydrogen-bond donors (Lipinski definition) is 1. The highest BCUT2D eigenvalue weighted by atomic mass is 35.5. The normalized spacial score (nSPS) is 19.4. The Balaban J connectivity index is 1.63. The molecule has 0 amide bonds. The molecule has 1 saturated heterocycles. The Hall–Kier alpha value is -0.770. The van der Waals surface area contributed by atoms with Gasteiger partial charge in [-0.05, 0) is 62.9 Å². The maximum absolute atomic E-state index is 8.92. The van der Waals surface area contributed by atoms with Crippen LogP contribution in [0, 0.1) is 0 Å². The van der Waals surface area contributed by atoms with Crippen LogP contribution in [0.1, 0.15) is 32.1 Å². The quantitative estimate of drug-likeness (QED) is 0.747. The Morgan fingerprint density at radius 3 is 2.80 bits per heavy atom. The zero-order valence-electron chi connectivity index (χ0n) is 11.9. The lowest BCUT2D eigenvalue weighted by Crippen LogP contribution is -2.31. The molecule has 1 atom stereocenters. The molecule has 2 rings (SSSR count). The summed E-state index contributed by atoms with van der Waals surface area (Å²) >= 11 is 5.84. The number of halogens is 1. The molecule has 1 unspecified atom stereocenters. The van der Waals surface area contributed by atoms with Crippen molar-refractivity contribution >= 4 is 11.6 Å². The van der Waals surface area contributed by atoms with Crippen LogP contribution in [0.4, 0.5) is 0 Å². The summed E-state index contributed by atoms with van der Waals surface area (Å²) in [5, 5.41) is 9.66. The van der Waals surface area contributed by atoms with Crippen molar-refractivity contribution in [2.75, 3.05) is 26.3 Å². The summed E-state index contributed by atoms with van der Waals surface area (Å²) in [7, 11) is 0. The van der Waals surface area contributed by atoms with Gasteiger partial charge < -0.3 is 14.7 Å². The van der Waals surface area contributed by atoms with E-state index in [0.29, 0.717) is 12.6 Å². The minimum Gasteiger partial charge on any atom is -0.494 e. The highest BCUT2D eigenvalue weighted by Gasteiger charge is 2.23. The molecule has 0 radical (unpaired) electrons. The van der Waals surface area contributed by atoms with Gasteiger partial charge in [0.1, 0.15) is 5.75 Å². The van der Waals surface area contributed by atoms with E-state index in [-0.39, 0.29) is 0 Å². The topological polar surface area (TPSA) is 32.7 Å². The van der Waals surface area contributed by atoms with Crippen molar-refractivity contribution in [2.45, 2.75) is 38.1 Å². The van der Waals surface area contributed by atoms with Gasteiger partial charge in [-0.2, -0.15) is 0 Å². The number of rotatable bonds is 8. The third-order valence-corrected chi connectivity index (χ3v) is 4.12. The van der Waals surface area contributed by atoms with Crippen LogP contribution in [-0.2, 0) is 0 Å². The SMILES string of the molecule is OCCCC1CCCN1CCCOc1ccc(Cl)cc1. The third kappa shape index (κ3) is 4.97. The Morgan fingerprint density at radius 1 is 1.25 bits per heavy atom. The number of nitrogens with zero attached hydrogens (tertiary/aromatic N) is 1. The molecule has 1 aliphatic rings. The summed E-state index contributed by atoms with van der Waals surface area (Å²) < 4.78 is 5.71. The molecule has 1 aromatic rings. The van der Waals surface area contributed by atoms with Gasteiger partial charge in [-0.3, -0.25) is 0 Å². The second kappa shape index (κ2) is 8.50. The van der Waals surface area contributed by atoms with Crippen molar-refractivity contribution in [1.82, 2.24) is 4.90 Å². The molecular weight excluding hydrogens is 274 g/mol. The molecule has 0 saturated carbocycles. The predicted molar refractivity (Wildman–Crippen MR) is 82.5 cm³/mol. The average molecular weight is 298 g/mol. The number of aliphatic hydroxyl groups is 1. The molecule has 0 bridgehead atoms. The first-order chi connectivity index (χ1) is 9.79. The van der Waals surface area contributed by atoms with Gasteiger partial charge in [0.2, 0.25) is 0 Å². The monoisotopic (exact) mass is 297 g/mol. The maximum Gasteiger partial charge on any atom is 0.119 e. The zero-order chi connectivity index (χ0) is 14.2. The van der Waals surface area contributed by atoms with Crippen LogP contribution in [0.2, 0.25) is 5.02 Å². The van der Waals surface area contributed by atoms with Gasteiger partial charge in [0.05, 0.1) is 6.61 Å². The molecule has 20 heavy (non-hydrogen) atoms. The lowest BCUT2D eigenvalue weighted by molar-refractivity contribution is 0.199. The Morgan fingerprint density at radius 2 is 2.05 bits per heavy atom. The minimum atomic E-state index is 0.310. The van der Waals surface area contributed by atoms with Crippen molar-refractivity contribution < 1.29 is 9.84 Å². The van der Waals surface area contributed by atoms with Crippen molar-refractivity contribution in [1.29, 1.82) is 0 Å². The number of benzene rings is 1. The van der Waals surface area contributed by atoms with E-state index < -0.39 is 0 Å². The van der Waals surface area contributed by atoms with E-state index in [9.17, 15) is 0 Å². The fourth-order valence-corrected chi connectivity index (χ4v) is 2.96. The second-order valence-corrected chi connectivity index (χ2v) is 5.79. The molecule has 0 spiro atoms. The molecule has 1 N–H and O–H groups in total. The zero-order valence-corrected chi connectivity index (χ0v) is 12.7. The molecule has 1 heterocycles. The van der Waals surface area contributed by atoms with E-state index in [1.54, 1.807) is 0 Å². The number of hydrogen-bond acceptors (Lipinski definition) is 3. The van der Waals surface area contributed by atoms with E-state index in [0.717, 1.165) is 43.2 Å². The van der Waals surface area contributed by atoms with Gasteiger partial charge >= 0.3 is 0 Å². The fraction of sp³-hybridized carbons (Fsp3) is 0.625. The standard InChI is InChI=1S/C16H24ClNO2/c17-14-6-8-16(9-7-14)20-13-3-11-18-10-1-4-15(18)5-2-12-19/h6-9,15,19H,1-5,10-13H2. The summed E-state index contributed by atoms with van der Waals surface area (Å²) in [6.45, 7) is 3.33. The largest absolute Gasteiger partial charge is 0.494 e. The van der Waals surface area contributed by atoms with Gasteiger partial charge in [-0.1, -0.05) is 11.6 Å². The van der Waals surface area contributed by atoms with Gasteiger partial charge in [-0.25, -0.2) is 0 Å². The Kier molecular flexibility index (Phi) is 6.64. The van der Waals surface area contributed by atoms with E-state index in [4.69, 9.17) is 21.4 Å². The first kappa shape index (κ1) is 15.6. The number of ether oxygens (including phenoxy) is 1. The number of aliphatic hydroxyl groups excluding tert-OH is 1. The molecule has 4 heteroatoms. The van der Waals surface area contributed by atoms with Crippen LogP contribution in [0.3, 0.4) is 0 Å². The summed E-state index contributed by atoms with van der Waals surface area (Å²) in [4.78, 5) is 2.54. The van der Waals surface area contributed by atoms with Crippen molar-refractivity contribution in [3.63, 3.8) is 0 Å². The van der Waals surface area contributed by atoms with Gasteiger partial charge in [0.15, 0.2) is 0 Å².